The molecule has 150 valence electrons. The number of fused-ring (bicyclic) bond motifs is 1. The Morgan fingerprint density at radius 2 is 1.79 bits per heavy atom. The highest BCUT2D eigenvalue weighted by atomic mass is 16.2. The van der Waals surface area contributed by atoms with Crippen LogP contribution in [0.2, 0.25) is 0 Å². The molecule has 0 saturated carbocycles. The van der Waals surface area contributed by atoms with Gasteiger partial charge < -0.3 is 9.80 Å². The molecule has 2 aromatic heterocycles. The molecular weight excluding hydrogens is 354 g/mol. The lowest BCUT2D eigenvalue weighted by atomic mass is 9.94. The van der Waals surface area contributed by atoms with Gasteiger partial charge in [-0.25, -0.2) is 0 Å². The highest BCUT2D eigenvalue weighted by molar-refractivity contribution is 5.84. The van der Waals surface area contributed by atoms with Crippen LogP contribution in [0.3, 0.4) is 0 Å². The molecule has 5 rings (SSSR count). The van der Waals surface area contributed by atoms with Gasteiger partial charge in [-0.05, 0) is 64.8 Å². The van der Waals surface area contributed by atoms with Crippen molar-refractivity contribution in [3.63, 3.8) is 0 Å². The zero-order valence-electron chi connectivity index (χ0n) is 16.8. The molecule has 0 N–H and O–H groups in total. The zero-order chi connectivity index (χ0) is 19.3. The molecule has 3 saturated heterocycles. The third-order valence-electron chi connectivity index (χ3n) is 6.62. The maximum atomic E-state index is 12.7. The summed E-state index contributed by atoms with van der Waals surface area (Å²) in [5.74, 6) is 2.64. The van der Waals surface area contributed by atoms with Gasteiger partial charge in [0, 0.05) is 31.6 Å². The van der Waals surface area contributed by atoms with E-state index in [4.69, 9.17) is 5.10 Å². The number of carbonyl (C=O) groups excluding carboxylic acids is 1. The molecule has 28 heavy (non-hydrogen) atoms. The average Bonchev–Trinajstić information content (AvgIpc) is 3.24. The molecule has 1 atom stereocenters. The van der Waals surface area contributed by atoms with Crippen LogP contribution >= 0.6 is 0 Å². The minimum atomic E-state index is 0.0645. The molecule has 3 fully saturated rings. The van der Waals surface area contributed by atoms with Crippen LogP contribution in [0.15, 0.2) is 12.1 Å². The van der Waals surface area contributed by atoms with Crippen molar-refractivity contribution in [2.24, 2.45) is 0 Å². The van der Waals surface area contributed by atoms with Crippen LogP contribution in [0.1, 0.15) is 51.3 Å². The second-order valence-corrected chi connectivity index (χ2v) is 8.60. The number of piperidine rings is 1. The van der Waals surface area contributed by atoms with E-state index in [1.165, 1.54) is 6.42 Å². The lowest BCUT2D eigenvalue weighted by molar-refractivity contribution is -0.133. The van der Waals surface area contributed by atoms with Gasteiger partial charge in [0.05, 0.1) is 6.04 Å². The van der Waals surface area contributed by atoms with Crippen molar-refractivity contribution in [1.82, 2.24) is 29.6 Å². The number of hydrogen-bond acceptors (Lipinski definition) is 6. The van der Waals surface area contributed by atoms with Crippen LogP contribution in [-0.4, -0.2) is 80.3 Å². The first-order valence-corrected chi connectivity index (χ1v) is 10.6. The van der Waals surface area contributed by atoms with Crippen molar-refractivity contribution >= 4 is 17.4 Å². The van der Waals surface area contributed by atoms with Crippen LogP contribution in [0.4, 0.5) is 5.82 Å². The van der Waals surface area contributed by atoms with Gasteiger partial charge in [-0.2, -0.15) is 4.52 Å². The van der Waals surface area contributed by atoms with Gasteiger partial charge in [-0.3, -0.25) is 9.69 Å². The summed E-state index contributed by atoms with van der Waals surface area (Å²) in [6.45, 7) is 9.13. The molecule has 0 aromatic carbocycles. The number of aromatic nitrogens is 4. The van der Waals surface area contributed by atoms with Crippen LogP contribution < -0.4 is 4.90 Å². The van der Waals surface area contributed by atoms with Gasteiger partial charge in [0.1, 0.15) is 5.82 Å². The van der Waals surface area contributed by atoms with E-state index >= 15 is 0 Å². The number of carbonyl (C=O) groups is 1. The normalized spacial score (nSPS) is 24.5. The van der Waals surface area contributed by atoms with E-state index in [1.807, 2.05) is 21.5 Å². The molecule has 0 radical (unpaired) electrons. The Morgan fingerprint density at radius 3 is 2.43 bits per heavy atom. The van der Waals surface area contributed by atoms with Crippen molar-refractivity contribution in [2.75, 3.05) is 37.6 Å². The maximum Gasteiger partial charge on any atom is 0.240 e. The van der Waals surface area contributed by atoms with Gasteiger partial charge in [-0.15, -0.1) is 15.3 Å². The third kappa shape index (κ3) is 2.94. The zero-order valence-corrected chi connectivity index (χ0v) is 16.8. The van der Waals surface area contributed by atoms with Crippen LogP contribution in [-0.2, 0) is 4.79 Å². The topological polar surface area (TPSA) is 69.9 Å². The van der Waals surface area contributed by atoms with Crippen molar-refractivity contribution in [3.8, 4) is 0 Å². The van der Waals surface area contributed by atoms with E-state index < -0.39 is 0 Å². The number of rotatable bonds is 4. The average molecular weight is 384 g/mol. The summed E-state index contributed by atoms with van der Waals surface area (Å²) in [5, 5.41) is 13.6. The highest BCUT2D eigenvalue weighted by Gasteiger charge is 2.39. The molecule has 0 aliphatic carbocycles. The molecular formula is C20H29N7O. The number of amides is 1. The van der Waals surface area contributed by atoms with Gasteiger partial charge in [-0.1, -0.05) is 0 Å². The smallest absolute Gasteiger partial charge is 0.240 e. The molecule has 2 aromatic rings. The second kappa shape index (κ2) is 6.99. The van der Waals surface area contributed by atoms with Crippen LogP contribution in [0, 0.1) is 0 Å². The Morgan fingerprint density at radius 1 is 1.00 bits per heavy atom. The molecule has 8 heteroatoms. The van der Waals surface area contributed by atoms with Gasteiger partial charge in [0.15, 0.2) is 11.5 Å². The van der Waals surface area contributed by atoms with E-state index in [1.54, 1.807) is 0 Å². The Bertz CT molecular complexity index is 867. The summed E-state index contributed by atoms with van der Waals surface area (Å²) in [7, 11) is 0. The molecule has 1 unspecified atom stereocenters. The Hall–Kier alpha value is -2.22. The first kappa shape index (κ1) is 17.8. The van der Waals surface area contributed by atoms with Crippen molar-refractivity contribution in [2.45, 2.75) is 57.5 Å². The molecule has 3 aliphatic heterocycles. The fraction of sp³-hybridized carbons (Fsp3) is 0.700. The van der Waals surface area contributed by atoms with Crippen molar-refractivity contribution < 1.29 is 4.79 Å². The molecule has 0 bridgehead atoms. The molecule has 8 nitrogen and oxygen atoms in total. The van der Waals surface area contributed by atoms with E-state index in [0.29, 0.717) is 17.9 Å². The first-order chi connectivity index (χ1) is 13.6. The quantitative estimate of drug-likeness (QED) is 0.797. The fourth-order valence-electron chi connectivity index (χ4n) is 4.77. The predicted molar refractivity (Wildman–Crippen MR) is 106 cm³/mol. The number of nitrogens with zero attached hydrogens (tertiary/aromatic N) is 7. The second-order valence-electron chi connectivity index (χ2n) is 8.60. The highest BCUT2D eigenvalue weighted by Crippen LogP contribution is 2.31. The summed E-state index contributed by atoms with van der Waals surface area (Å²) in [6, 6.07) is 4.42. The van der Waals surface area contributed by atoms with Crippen molar-refractivity contribution in [1.29, 1.82) is 0 Å². The van der Waals surface area contributed by atoms with Crippen LogP contribution in [0.25, 0.3) is 5.65 Å². The lowest BCUT2D eigenvalue weighted by Crippen LogP contribution is -2.46. The predicted octanol–water partition coefficient (Wildman–Crippen LogP) is 1.52. The number of hydrogen-bond donors (Lipinski definition) is 0. The maximum absolute atomic E-state index is 12.7. The minimum Gasteiger partial charge on any atom is -0.355 e. The lowest BCUT2D eigenvalue weighted by Gasteiger charge is -2.35. The van der Waals surface area contributed by atoms with Crippen molar-refractivity contribution in [3.05, 3.63) is 18.0 Å². The first-order valence-electron chi connectivity index (χ1n) is 10.6. The molecule has 1 amide bonds. The van der Waals surface area contributed by atoms with Gasteiger partial charge in [0.25, 0.3) is 0 Å². The van der Waals surface area contributed by atoms with Gasteiger partial charge in [0.2, 0.25) is 5.91 Å². The summed E-state index contributed by atoms with van der Waals surface area (Å²) in [6.07, 6.45) is 4.20. The number of anilines is 1. The summed E-state index contributed by atoms with van der Waals surface area (Å²) < 4.78 is 1.94. The van der Waals surface area contributed by atoms with Crippen LogP contribution in [0.5, 0.6) is 0 Å². The SMILES string of the molecule is CC(C)N1CCC(N2CCC(c3nnc4ccc(N5CCC5)nn34)CC2)C1=O. The van der Waals surface area contributed by atoms with E-state index in [-0.39, 0.29) is 6.04 Å². The Balaban J connectivity index is 1.29. The molecule has 3 aliphatic rings. The summed E-state index contributed by atoms with van der Waals surface area (Å²) in [5.41, 5.74) is 0.820. The minimum absolute atomic E-state index is 0.0645. The summed E-state index contributed by atoms with van der Waals surface area (Å²) >= 11 is 0. The fourth-order valence-corrected chi connectivity index (χ4v) is 4.77. The third-order valence-corrected chi connectivity index (χ3v) is 6.62. The summed E-state index contributed by atoms with van der Waals surface area (Å²) in [4.78, 5) is 19.4. The molecule has 5 heterocycles. The monoisotopic (exact) mass is 383 g/mol. The van der Waals surface area contributed by atoms with E-state index in [9.17, 15) is 4.79 Å². The Kier molecular flexibility index (Phi) is 4.45. The van der Waals surface area contributed by atoms with Gasteiger partial charge >= 0.3 is 0 Å². The standard InChI is InChI=1S/C20H29N7O/c1-14(2)26-13-8-16(20(26)28)24-11-6-15(7-12-24)19-22-21-17-4-5-18(23-27(17)19)25-9-3-10-25/h4-5,14-16H,3,6-13H2,1-2H3. The van der Waals surface area contributed by atoms with E-state index in [2.05, 4.69) is 33.8 Å². The van der Waals surface area contributed by atoms with E-state index in [0.717, 1.165) is 69.3 Å². The Labute approximate surface area is 165 Å². The number of likely N-dealkylation sites (tertiary alicyclic amines) is 2. The molecule has 0 spiro atoms. The largest absolute Gasteiger partial charge is 0.355 e.